The number of ether oxygens (including phenoxy) is 1. The van der Waals surface area contributed by atoms with E-state index in [-0.39, 0.29) is 17.7 Å². The van der Waals surface area contributed by atoms with E-state index in [9.17, 15) is 9.90 Å². The average molecular weight is 275 g/mol. The van der Waals surface area contributed by atoms with Crippen LogP contribution in [0.25, 0.3) is 0 Å². The fraction of sp³-hybridized carbons (Fsp3) is 0.562. The van der Waals surface area contributed by atoms with Crippen LogP contribution in [0.2, 0.25) is 0 Å². The first-order valence-electron chi connectivity index (χ1n) is 7.26. The van der Waals surface area contributed by atoms with Crippen LogP contribution in [0, 0.1) is 5.92 Å². The Kier molecular flexibility index (Phi) is 3.42. The molecule has 2 atom stereocenters. The van der Waals surface area contributed by atoms with E-state index in [1.165, 1.54) is 0 Å². The van der Waals surface area contributed by atoms with E-state index in [0.29, 0.717) is 6.54 Å². The number of aliphatic hydroxyl groups is 1. The molecule has 1 amide bonds. The number of carbonyl (C=O) groups is 1. The highest BCUT2D eigenvalue weighted by Gasteiger charge is 2.46. The van der Waals surface area contributed by atoms with Gasteiger partial charge in [-0.25, -0.2) is 0 Å². The van der Waals surface area contributed by atoms with E-state index in [2.05, 4.69) is 5.32 Å². The van der Waals surface area contributed by atoms with Crippen molar-refractivity contribution in [2.24, 2.45) is 5.92 Å². The van der Waals surface area contributed by atoms with Crippen molar-refractivity contribution in [2.45, 2.75) is 37.2 Å². The Labute approximate surface area is 119 Å². The third-order valence-electron chi connectivity index (χ3n) is 4.54. The van der Waals surface area contributed by atoms with Gasteiger partial charge in [-0.05, 0) is 43.2 Å². The molecule has 0 aromatic heterocycles. The van der Waals surface area contributed by atoms with Gasteiger partial charge in [0.1, 0.15) is 5.75 Å². The van der Waals surface area contributed by atoms with Gasteiger partial charge >= 0.3 is 0 Å². The Balaban J connectivity index is 1.56. The van der Waals surface area contributed by atoms with Crippen molar-refractivity contribution in [1.82, 2.24) is 5.32 Å². The monoisotopic (exact) mass is 275 g/mol. The minimum absolute atomic E-state index is 0.0231. The van der Waals surface area contributed by atoms with Gasteiger partial charge in [0.2, 0.25) is 5.91 Å². The number of hydrogen-bond acceptors (Lipinski definition) is 3. The van der Waals surface area contributed by atoms with Gasteiger partial charge in [0, 0.05) is 12.5 Å². The first-order chi connectivity index (χ1) is 9.63. The molecule has 2 fully saturated rings. The first kappa shape index (κ1) is 13.4. The van der Waals surface area contributed by atoms with Gasteiger partial charge < -0.3 is 15.2 Å². The SMILES string of the molecule is COc1ccccc1C1CC1C(=O)NCC1(O)CCC1. The van der Waals surface area contributed by atoms with Gasteiger partial charge in [0.15, 0.2) is 0 Å². The second kappa shape index (κ2) is 5.09. The number of methoxy groups -OCH3 is 1. The molecule has 0 aliphatic heterocycles. The summed E-state index contributed by atoms with van der Waals surface area (Å²) in [6, 6.07) is 7.87. The Bertz CT molecular complexity index is 510. The van der Waals surface area contributed by atoms with E-state index in [1.54, 1.807) is 7.11 Å². The molecular weight excluding hydrogens is 254 g/mol. The van der Waals surface area contributed by atoms with Crippen LogP contribution in [-0.2, 0) is 4.79 Å². The summed E-state index contributed by atoms with van der Waals surface area (Å²) in [6.45, 7) is 0.390. The molecule has 2 N–H and O–H groups in total. The van der Waals surface area contributed by atoms with Crippen LogP contribution in [0.1, 0.15) is 37.2 Å². The van der Waals surface area contributed by atoms with Crippen LogP contribution < -0.4 is 10.1 Å². The maximum atomic E-state index is 12.1. The molecule has 108 valence electrons. The molecule has 0 bridgehead atoms. The number of carbonyl (C=O) groups excluding carboxylic acids is 1. The van der Waals surface area contributed by atoms with Gasteiger partial charge in [-0.2, -0.15) is 0 Å². The lowest BCUT2D eigenvalue weighted by molar-refractivity contribution is -0.124. The second-order valence-electron chi connectivity index (χ2n) is 5.99. The number of para-hydroxylation sites is 1. The van der Waals surface area contributed by atoms with Crippen LogP contribution in [-0.4, -0.2) is 30.3 Å². The molecule has 0 spiro atoms. The van der Waals surface area contributed by atoms with Crippen molar-refractivity contribution in [3.8, 4) is 5.75 Å². The average Bonchev–Trinajstić information content (AvgIpc) is 3.23. The molecule has 3 rings (SSSR count). The van der Waals surface area contributed by atoms with Crippen LogP contribution in [0.4, 0.5) is 0 Å². The van der Waals surface area contributed by atoms with Crippen LogP contribution in [0.15, 0.2) is 24.3 Å². The first-order valence-corrected chi connectivity index (χ1v) is 7.26. The predicted octanol–water partition coefficient (Wildman–Crippen LogP) is 1.83. The summed E-state index contributed by atoms with van der Waals surface area (Å²) in [5, 5.41) is 12.9. The third kappa shape index (κ3) is 2.52. The maximum Gasteiger partial charge on any atom is 0.223 e. The highest BCUT2D eigenvalue weighted by Crippen LogP contribution is 2.50. The van der Waals surface area contributed by atoms with Gasteiger partial charge in [0.25, 0.3) is 0 Å². The summed E-state index contributed by atoms with van der Waals surface area (Å²) in [7, 11) is 1.66. The lowest BCUT2D eigenvalue weighted by Gasteiger charge is -2.36. The van der Waals surface area contributed by atoms with Gasteiger partial charge in [-0.1, -0.05) is 18.2 Å². The van der Waals surface area contributed by atoms with Crippen LogP contribution in [0.5, 0.6) is 5.75 Å². The molecule has 4 nitrogen and oxygen atoms in total. The van der Waals surface area contributed by atoms with E-state index in [4.69, 9.17) is 4.74 Å². The summed E-state index contributed by atoms with van der Waals surface area (Å²) in [5.74, 6) is 1.18. The summed E-state index contributed by atoms with van der Waals surface area (Å²) < 4.78 is 5.34. The van der Waals surface area contributed by atoms with E-state index in [1.807, 2.05) is 24.3 Å². The highest BCUT2D eigenvalue weighted by molar-refractivity contribution is 5.83. The number of nitrogens with one attached hydrogen (secondary N) is 1. The van der Waals surface area contributed by atoms with Crippen molar-refractivity contribution in [2.75, 3.05) is 13.7 Å². The molecule has 2 aliphatic carbocycles. The van der Waals surface area contributed by atoms with Crippen molar-refractivity contribution < 1.29 is 14.6 Å². The van der Waals surface area contributed by atoms with Gasteiger partial charge in [-0.3, -0.25) is 4.79 Å². The Morgan fingerprint density at radius 2 is 2.20 bits per heavy atom. The molecule has 1 aromatic carbocycles. The van der Waals surface area contributed by atoms with Crippen molar-refractivity contribution in [3.63, 3.8) is 0 Å². The fourth-order valence-corrected chi connectivity index (χ4v) is 2.95. The van der Waals surface area contributed by atoms with Crippen LogP contribution in [0.3, 0.4) is 0 Å². The number of amides is 1. The summed E-state index contributed by atoms with van der Waals surface area (Å²) in [6.07, 6.45) is 3.52. The fourth-order valence-electron chi connectivity index (χ4n) is 2.95. The van der Waals surface area contributed by atoms with E-state index < -0.39 is 5.60 Å². The third-order valence-corrected chi connectivity index (χ3v) is 4.54. The van der Waals surface area contributed by atoms with Crippen molar-refractivity contribution >= 4 is 5.91 Å². The van der Waals surface area contributed by atoms with E-state index >= 15 is 0 Å². The standard InChI is InChI=1S/C16H21NO3/c1-20-14-6-3-2-5-11(14)12-9-13(12)15(18)17-10-16(19)7-4-8-16/h2-3,5-6,12-13,19H,4,7-10H2,1H3,(H,17,18). The number of rotatable bonds is 5. The van der Waals surface area contributed by atoms with Crippen molar-refractivity contribution in [1.29, 1.82) is 0 Å². The maximum absolute atomic E-state index is 12.1. The molecule has 4 heteroatoms. The zero-order valence-corrected chi connectivity index (χ0v) is 11.8. The summed E-state index contributed by atoms with van der Waals surface area (Å²) >= 11 is 0. The van der Waals surface area contributed by atoms with Crippen molar-refractivity contribution in [3.05, 3.63) is 29.8 Å². The van der Waals surface area contributed by atoms with Gasteiger partial charge in [0.05, 0.1) is 12.7 Å². The quantitative estimate of drug-likeness (QED) is 0.862. The minimum Gasteiger partial charge on any atom is -0.496 e. The van der Waals surface area contributed by atoms with E-state index in [0.717, 1.165) is 37.0 Å². The number of hydrogen-bond donors (Lipinski definition) is 2. The Morgan fingerprint density at radius 1 is 1.45 bits per heavy atom. The molecule has 0 heterocycles. The zero-order valence-electron chi connectivity index (χ0n) is 11.8. The normalized spacial score (nSPS) is 26.5. The van der Waals surface area contributed by atoms with Crippen LogP contribution >= 0.6 is 0 Å². The zero-order chi connectivity index (χ0) is 14.2. The molecule has 20 heavy (non-hydrogen) atoms. The molecule has 1 aromatic rings. The molecule has 2 unspecified atom stereocenters. The predicted molar refractivity (Wildman–Crippen MR) is 75.7 cm³/mol. The lowest BCUT2D eigenvalue weighted by Crippen LogP contribution is -2.48. The molecule has 2 aliphatic rings. The van der Waals surface area contributed by atoms with Gasteiger partial charge in [-0.15, -0.1) is 0 Å². The Hall–Kier alpha value is -1.55. The molecule has 0 saturated heterocycles. The minimum atomic E-state index is -0.648. The summed E-state index contributed by atoms with van der Waals surface area (Å²) in [5.41, 5.74) is 0.460. The molecule has 0 radical (unpaired) electrons. The molecule has 2 saturated carbocycles. The number of benzene rings is 1. The largest absolute Gasteiger partial charge is 0.496 e. The lowest BCUT2D eigenvalue weighted by atomic mass is 9.80. The second-order valence-corrected chi connectivity index (χ2v) is 5.99. The highest BCUT2D eigenvalue weighted by atomic mass is 16.5. The Morgan fingerprint density at radius 3 is 2.85 bits per heavy atom. The smallest absolute Gasteiger partial charge is 0.223 e. The summed E-state index contributed by atoms with van der Waals surface area (Å²) in [4.78, 5) is 12.1. The molecular formula is C16H21NO3. The topological polar surface area (TPSA) is 58.6 Å².